The van der Waals surface area contributed by atoms with Crippen LogP contribution in [0, 0.1) is 28.9 Å². The van der Waals surface area contributed by atoms with Gasteiger partial charge >= 0.3 is 5.97 Å². The highest BCUT2D eigenvalue weighted by atomic mass is 16.6. The molecule has 3 aromatic rings. The van der Waals surface area contributed by atoms with Gasteiger partial charge in [-0.2, -0.15) is 0 Å². The summed E-state index contributed by atoms with van der Waals surface area (Å²) < 4.78 is 5.09. The Morgan fingerprint density at radius 1 is 0.925 bits per heavy atom. The molecule has 0 N–H and O–H groups in total. The Morgan fingerprint density at radius 2 is 1.62 bits per heavy atom. The lowest BCUT2D eigenvalue weighted by molar-refractivity contribution is -0.384. The number of hydrogen-bond donors (Lipinski definition) is 0. The Morgan fingerprint density at radius 3 is 2.30 bits per heavy atom. The number of imide groups is 1. The number of ether oxygens (including phenoxy) is 1. The van der Waals surface area contributed by atoms with Gasteiger partial charge in [-0.25, -0.2) is 4.90 Å². The van der Waals surface area contributed by atoms with E-state index >= 15 is 0 Å². The minimum atomic E-state index is -0.986. The fourth-order valence-electron chi connectivity index (χ4n) is 6.08. The van der Waals surface area contributed by atoms with E-state index in [9.17, 15) is 29.3 Å². The standard InChI is InChI=1S/C30H23N3O7/c1-16-15-20(33(38)39)10-14-22(16)32-29(36)25-24-13-9-18-5-3-4-6-23(18)31(24)27(26(25)30(32)37)28(35)19-7-11-21(12-8-19)40-17(2)34/h3-15,24-27H,1-2H3/t24-,25+,26-,27+/m1/s1. The van der Waals surface area contributed by atoms with Gasteiger partial charge in [0.1, 0.15) is 11.8 Å². The Labute approximate surface area is 228 Å². The number of hydrogen-bond acceptors (Lipinski definition) is 8. The number of Topliss-reactive ketones (excluding diaryl/α,β-unsaturated/α-hetero) is 1. The van der Waals surface area contributed by atoms with E-state index in [1.54, 1.807) is 6.92 Å². The lowest BCUT2D eigenvalue weighted by Gasteiger charge is -2.36. The normalized spacial score (nSPS) is 22.6. The Bertz CT molecular complexity index is 1650. The van der Waals surface area contributed by atoms with Crippen molar-refractivity contribution >= 4 is 46.7 Å². The Hall–Kier alpha value is -5.12. The second kappa shape index (κ2) is 9.26. The second-order valence-electron chi connectivity index (χ2n) is 10.0. The summed E-state index contributed by atoms with van der Waals surface area (Å²) >= 11 is 0. The highest BCUT2D eigenvalue weighted by Gasteiger charge is 2.64. The number of amides is 2. The summed E-state index contributed by atoms with van der Waals surface area (Å²) in [5, 5.41) is 11.2. The number of anilines is 2. The highest BCUT2D eigenvalue weighted by molar-refractivity contribution is 6.26. The summed E-state index contributed by atoms with van der Waals surface area (Å²) in [5.41, 5.74) is 2.43. The second-order valence-corrected chi connectivity index (χ2v) is 10.0. The van der Waals surface area contributed by atoms with Gasteiger partial charge in [-0.05, 0) is 54.4 Å². The van der Waals surface area contributed by atoms with Crippen molar-refractivity contribution in [3.05, 3.63) is 99.6 Å². The first-order valence-electron chi connectivity index (χ1n) is 12.7. The predicted molar refractivity (Wildman–Crippen MR) is 145 cm³/mol. The van der Waals surface area contributed by atoms with E-state index in [1.807, 2.05) is 41.3 Å². The molecule has 2 fully saturated rings. The van der Waals surface area contributed by atoms with Crippen molar-refractivity contribution in [2.75, 3.05) is 9.80 Å². The smallest absolute Gasteiger partial charge is 0.308 e. The summed E-state index contributed by atoms with van der Waals surface area (Å²) in [5.74, 6) is -3.35. The molecule has 0 radical (unpaired) electrons. The number of aryl methyl sites for hydroxylation is 1. The average molecular weight is 538 g/mol. The number of fused-ring (bicyclic) bond motifs is 5. The van der Waals surface area contributed by atoms with Gasteiger partial charge in [0, 0.05) is 30.3 Å². The van der Waals surface area contributed by atoms with Gasteiger partial charge in [-0.3, -0.25) is 29.3 Å². The minimum absolute atomic E-state index is 0.149. The number of esters is 1. The van der Waals surface area contributed by atoms with Crippen molar-refractivity contribution in [2.45, 2.75) is 25.9 Å². The molecule has 3 heterocycles. The lowest BCUT2D eigenvalue weighted by atomic mass is 9.86. The van der Waals surface area contributed by atoms with Crippen LogP contribution in [0.25, 0.3) is 6.08 Å². The molecule has 0 aromatic heterocycles. The van der Waals surface area contributed by atoms with Gasteiger partial charge in [0.15, 0.2) is 5.78 Å². The van der Waals surface area contributed by atoms with Crippen LogP contribution in [0.4, 0.5) is 17.1 Å². The maximum absolute atomic E-state index is 14.1. The third-order valence-corrected chi connectivity index (χ3v) is 7.72. The molecule has 0 bridgehead atoms. The molecule has 10 heteroatoms. The maximum Gasteiger partial charge on any atom is 0.308 e. The van der Waals surface area contributed by atoms with Gasteiger partial charge in [0.05, 0.1) is 28.5 Å². The average Bonchev–Trinajstić information content (AvgIpc) is 3.41. The molecule has 0 saturated carbocycles. The van der Waals surface area contributed by atoms with Gasteiger partial charge < -0.3 is 9.64 Å². The molecule has 0 spiro atoms. The van der Waals surface area contributed by atoms with E-state index in [0.29, 0.717) is 11.1 Å². The number of nitro groups is 1. The number of benzene rings is 3. The molecule has 3 aliphatic heterocycles. The van der Waals surface area contributed by atoms with Crippen LogP contribution >= 0.6 is 0 Å². The number of nitro benzene ring substituents is 1. The number of rotatable bonds is 5. The third-order valence-electron chi connectivity index (χ3n) is 7.72. The Kier molecular flexibility index (Phi) is 5.83. The lowest BCUT2D eigenvalue weighted by Crippen LogP contribution is -2.49. The zero-order valence-corrected chi connectivity index (χ0v) is 21.5. The number of non-ortho nitro benzene ring substituents is 1. The molecule has 200 valence electrons. The summed E-state index contributed by atoms with van der Waals surface area (Å²) in [7, 11) is 0. The number of nitrogens with zero attached hydrogens (tertiary/aromatic N) is 3. The van der Waals surface area contributed by atoms with Gasteiger partial charge in [-0.15, -0.1) is 0 Å². The summed E-state index contributed by atoms with van der Waals surface area (Å²) in [6.07, 6.45) is 3.75. The van der Waals surface area contributed by atoms with Crippen molar-refractivity contribution in [1.82, 2.24) is 0 Å². The molecular formula is C30H23N3O7. The van der Waals surface area contributed by atoms with Gasteiger partial charge in [0.2, 0.25) is 11.8 Å². The summed E-state index contributed by atoms with van der Waals surface area (Å²) in [4.78, 5) is 67.1. The van der Waals surface area contributed by atoms with Crippen LogP contribution in [0.15, 0.2) is 72.8 Å². The van der Waals surface area contributed by atoms with E-state index in [0.717, 1.165) is 16.2 Å². The van der Waals surface area contributed by atoms with Crippen LogP contribution in [0.2, 0.25) is 0 Å². The predicted octanol–water partition coefficient (Wildman–Crippen LogP) is 4.10. The SMILES string of the molecule is CC(=O)Oc1ccc(C(=O)[C@@H]2[C@@H]3C(=O)N(c4ccc([N+](=O)[O-])cc4C)C(=O)[C@H]3[C@H]3C=Cc4ccccc4N32)cc1. The fraction of sp³-hybridized carbons (Fsp3) is 0.200. The molecule has 3 aromatic carbocycles. The molecule has 40 heavy (non-hydrogen) atoms. The molecule has 4 atom stereocenters. The first kappa shape index (κ1) is 25.2. The summed E-state index contributed by atoms with van der Waals surface area (Å²) in [6.45, 7) is 2.88. The largest absolute Gasteiger partial charge is 0.427 e. The molecule has 2 saturated heterocycles. The molecule has 3 aliphatic rings. The quantitative estimate of drug-likeness (QED) is 0.119. The number of para-hydroxylation sites is 1. The van der Waals surface area contributed by atoms with Crippen molar-refractivity contribution in [2.24, 2.45) is 11.8 Å². The number of carbonyl (C=O) groups excluding carboxylic acids is 4. The molecule has 6 rings (SSSR count). The highest BCUT2D eigenvalue weighted by Crippen LogP contribution is 2.50. The molecule has 0 aliphatic carbocycles. The molecule has 10 nitrogen and oxygen atoms in total. The zero-order valence-electron chi connectivity index (χ0n) is 21.5. The van der Waals surface area contributed by atoms with Crippen molar-refractivity contribution in [1.29, 1.82) is 0 Å². The van der Waals surface area contributed by atoms with Crippen LogP contribution in [-0.2, 0) is 14.4 Å². The third kappa shape index (κ3) is 3.79. The monoisotopic (exact) mass is 537 g/mol. The van der Waals surface area contributed by atoms with Crippen LogP contribution < -0.4 is 14.5 Å². The topological polar surface area (TPSA) is 127 Å². The van der Waals surface area contributed by atoms with Crippen LogP contribution in [0.5, 0.6) is 5.75 Å². The van der Waals surface area contributed by atoms with E-state index < -0.39 is 46.6 Å². The van der Waals surface area contributed by atoms with Gasteiger partial charge in [-0.1, -0.05) is 30.4 Å². The van der Waals surface area contributed by atoms with Crippen molar-refractivity contribution in [3.8, 4) is 5.75 Å². The van der Waals surface area contributed by atoms with Crippen LogP contribution in [0.3, 0.4) is 0 Å². The van der Waals surface area contributed by atoms with Crippen molar-refractivity contribution < 1.29 is 28.8 Å². The first-order chi connectivity index (χ1) is 19.2. The molecule has 2 amide bonds. The zero-order chi connectivity index (χ0) is 28.3. The Balaban J connectivity index is 1.44. The fourth-order valence-corrected chi connectivity index (χ4v) is 6.08. The summed E-state index contributed by atoms with van der Waals surface area (Å²) in [6, 6.07) is 16.0. The van der Waals surface area contributed by atoms with Crippen LogP contribution in [-0.4, -0.2) is 40.6 Å². The van der Waals surface area contributed by atoms with E-state index in [-0.39, 0.29) is 22.9 Å². The van der Waals surface area contributed by atoms with E-state index in [1.165, 1.54) is 49.4 Å². The number of ketones is 1. The first-order valence-corrected chi connectivity index (χ1v) is 12.7. The van der Waals surface area contributed by atoms with E-state index in [2.05, 4.69) is 0 Å². The van der Waals surface area contributed by atoms with Crippen molar-refractivity contribution in [3.63, 3.8) is 0 Å². The minimum Gasteiger partial charge on any atom is -0.427 e. The van der Waals surface area contributed by atoms with Gasteiger partial charge in [0.25, 0.3) is 5.69 Å². The number of carbonyl (C=O) groups is 4. The molecular weight excluding hydrogens is 514 g/mol. The maximum atomic E-state index is 14.1. The molecule has 0 unspecified atom stereocenters. The van der Waals surface area contributed by atoms with E-state index in [4.69, 9.17) is 4.74 Å². The van der Waals surface area contributed by atoms with Crippen LogP contribution in [0.1, 0.15) is 28.4 Å².